The van der Waals surface area contributed by atoms with Crippen LogP contribution in [0.5, 0.6) is 11.5 Å². The Bertz CT molecular complexity index is 350. The molecular formula is C10H10BrClO2. The van der Waals surface area contributed by atoms with Gasteiger partial charge in [-0.2, -0.15) is 0 Å². The standard InChI is InChI=1S/C10H10BrClO2/c1-13-9-5-6(11)4-8(12)10(9)14-7-2-3-7/h4-5,7H,2-3H2,1H3. The fourth-order valence-electron chi connectivity index (χ4n) is 1.16. The summed E-state index contributed by atoms with van der Waals surface area (Å²) in [6.07, 6.45) is 2.54. The summed E-state index contributed by atoms with van der Waals surface area (Å²) in [5.74, 6) is 1.33. The van der Waals surface area contributed by atoms with Crippen LogP contribution in [0, 0.1) is 0 Å². The topological polar surface area (TPSA) is 18.5 Å². The van der Waals surface area contributed by atoms with E-state index < -0.39 is 0 Å². The lowest BCUT2D eigenvalue weighted by atomic mass is 10.3. The van der Waals surface area contributed by atoms with Gasteiger partial charge in [0, 0.05) is 4.47 Å². The molecule has 1 aromatic rings. The first-order valence-corrected chi connectivity index (χ1v) is 5.57. The van der Waals surface area contributed by atoms with Crippen LogP contribution in [0.15, 0.2) is 16.6 Å². The molecule has 0 spiro atoms. The number of hydrogen-bond acceptors (Lipinski definition) is 2. The average molecular weight is 278 g/mol. The summed E-state index contributed by atoms with van der Waals surface area (Å²) in [6, 6.07) is 3.66. The highest BCUT2D eigenvalue weighted by atomic mass is 79.9. The Morgan fingerprint density at radius 3 is 2.71 bits per heavy atom. The zero-order valence-electron chi connectivity index (χ0n) is 7.72. The molecule has 1 aromatic carbocycles. The highest BCUT2D eigenvalue weighted by molar-refractivity contribution is 9.10. The number of halogens is 2. The van der Waals surface area contributed by atoms with Gasteiger partial charge in [-0.1, -0.05) is 27.5 Å². The first-order valence-electron chi connectivity index (χ1n) is 4.40. The molecule has 0 N–H and O–H groups in total. The third-order valence-corrected chi connectivity index (χ3v) is 2.74. The van der Waals surface area contributed by atoms with Gasteiger partial charge in [0.15, 0.2) is 11.5 Å². The van der Waals surface area contributed by atoms with Crippen LogP contribution in [-0.2, 0) is 0 Å². The van der Waals surface area contributed by atoms with E-state index in [-0.39, 0.29) is 0 Å². The van der Waals surface area contributed by atoms with Crippen molar-refractivity contribution in [3.63, 3.8) is 0 Å². The van der Waals surface area contributed by atoms with E-state index in [0.29, 0.717) is 22.6 Å². The number of benzene rings is 1. The van der Waals surface area contributed by atoms with E-state index in [1.54, 1.807) is 7.11 Å². The van der Waals surface area contributed by atoms with Crippen molar-refractivity contribution in [1.82, 2.24) is 0 Å². The fraction of sp³-hybridized carbons (Fsp3) is 0.400. The van der Waals surface area contributed by atoms with E-state index in [2.05, 4.69) is 15.9 Å². The Morgan fingerprint density at radius 2 is 2.14 bits per heavy atom. The highest BCUT2D eigenvalue weighted by Crippen LogP contribution is 2.41. The minimum atomic E-state index is 0.322. The zero-order valence-corrected chi connectivity index (χ0v) is 10.1. The molecule has 1 saturated carbocycles. The van der Waals surface area contributed by atoms with Gasteiger partial charge in [-0.05, 0) is 25.0 Å². The molecular weight excluding hydrogens is 267 g/mol. The predicted molar refractivity (Wildman–Crippen MR) is 59.4 cm³/mol. The van der Waals surface area contributed by atoms with Crippen LogP contribution in [0.2, 0.25) is 5.02 Å². The van der Waals surface area contributed by atoms with Crippen molar-refractivity contribution in [2.75, 3.05) is 7.11 Å². The summed E-state index contributed by atoms with van der Waals surface area (Å²) in [5, 5.41) is 0.586. The van der Waals surface area contributed by atoms with E-state index in [4.69, 9.17) is 21.1 Å². The molecule has 0 heterocycles. The number of hydrogen-bond donors (Lipinski definition) is 0. The van der Waals surface area contributed by atoms with Crippen molar-refractivity contribution in [1.29, 1.82) is 0 Å². The normalized spacial score (nSPS) is 15.4. The molecule has 2 rings (SSSR count). The Labute approximate surface area is 96.3 Å². The Balaban J connectivity index is 2.33. The Kier molecular flexibility index (Phi) is 2.88. The van der Waals surface area contributed by atoms with Gasteiger partial charge in [-0.15, -0.1) is 0 Å². The van der Waals surface area contributed by atoms with Gasteiger partial charge in [0.25, 0.3) is 0 Å². The Morgan fingerprint density at radius 1 is 1.43 bits per heavy atom. The molecule has 0 aromatic heterocycles. The molecule has 1 fully saturated rings. The molecule has 4 heteroatoms. The highest BCUT2D eigenvalue weighted by Gasteiger charge is 2.26. The monoisotopic (exact) mass is 276 g/mol. The number of methoxy groups -OCH3 is 1. The molecule has 0 radical (unpaired) electrons. The summed E-state index contributed by atoms with van der Waals surface area (Å²) in [5.41, 5.74) is 0. The smallest absolute Gasteiger partial charge is 0.180 e. The molecule has 0 unspecified atom stereocenters. The molecule has 76 valence electrons. The van der Waals surface area contributed by atoms with Gasteiger partial charge >= 0.3 is 0 Å². The molecule has 0 amide bonds. The number of ether oxygens (including phenoxy) is 2. The summed E-state index contributed by atoms with van der Waals surface area (Å²) < 4.78 is 11.7. The SMILES string of the molecule is COc1cc(Br)cc(Cl)c1OC1CC1. The molecule has 0 atom stereocenters. The average Bonchev–Trinajstić information content (AvgIpc) is 2.93. The van der Waals surface area contributed by atoms with Crippen molar-refractivity contribution in [2.24, 2.45) is 0 Å². The van der Waals surface area contributed by atoms with Crippen LogP contribution in [0.4, 0.5) is 0 Å². The van der Waals surface area contributed by atoms with Gasteiger partial charge in [0.05, 0.1) is 18.2 Å². The third kappa shape index (κ3) is 2.15. The van der Waals surface area contributed by atoms with Crippen molar-refractivity contribution in [3.05, 3.63) is 21.6 Å². The van der Waals surface area contributed by atoms with Crippen molar-refractivity contribution >= 4 is 27.5 Å². The van der Waals surface area contributed by atoms with Crippen LogP contribution < -0.4 is 9.47 Å². The largest absolute Gasteiger partial charge is 0.493 e. The second kappa shape index (κ2) is 3.99. The van der Waals surface area contributed by atoms with E-state index in [1.165, 1.54) is 0 Å². The van der Waals surface area contributed by atoms with Gasteiger partial charge < -0.3 is 9.47 Å². The van der Waals surface area contributed by atoms with Crippen LogP contribution in [-0.4, -0.2) is 13.2 Å². The van der Waals surface area contributed by atoms with Crippen molar-refractivity contribution in [3.8, 4) is 11.5 Å². The summed E-state index contributed by atoms with van der Waals surface area (Å²) in [6.45, 7) is 0. The summed E-state index contributed by atoms with van der Waals surface area (Å²) in [7, 11) is 1.61. The Hall–Kier alpha value is -0.410. The van der Waals surface area contributed by atoms with Crippen LogP contribution in [0.25, 0.3) is 0 Å². The quantitative estimate of drug-likeness (QED) is 0.839. The molecule has 0 bridgehead atoms. The maximum atomic E-state index is 6.05. The second-order valence-electron chi connectivity index (χ2n) is 3.24. The van der Waals surface area contributed by atoms with Gasteiger partial charge in [-0.3, -0.25) is 0 Å². The zero-order chi connectivity index (χ0) is 10.1. The molecule has 2 nitrogen and oxygen atoms in total. The van der Waals surface area contributed by atoms with Crippen molar-refractivity contribution < 1.29 is 9.47 Å². The first-order chi connectivity index (χ1) is 6.70. The van der Waals surface area contributed by atoms with E-state index in [0.717, 1.165) is 17.3 Å². The second-order valence-corrected chi connectivity index (χ2v) is 4.56. The molecule has 14 heavy (non-hydrogen) atoms. The lowest BCUT2D eigenvalue weighted by Crippen LogP contribution is -1.99. The molecule has 1 aliphatic carbocycles. The van der Waals surface area contributed by atoms with Crippen LogP contribution in [0.1, 0.15) is 12.8 Å². The lowest BCUT2D eigenvalue weighted by molar-refractivity contribution is 0.282. The number of rotatable bonds is 3. The van der Waals surface area contributed by atoms with Gasteiger partial charge in [0.1, 0.15) is 0 Å². The van der Waals surface area contributed by atoms with E-state index in [9.17, 15) is 0 Å². The first kappa shape index (κ1) is 10.1. The summed E-state index contributed by atoms with van der Waals surface area (Å²) >= 11 is 9.40. The minimum Gasteiger partial charge on any atom is -0.493 e. The van der Waals surface area contributed by atoms with Gasteiger partial charge in [-0.25, -0.2) is 0 Å². The van der Waals surface area contributed by atoms with Crippen LogP contribution in [0.3, 0.4) is 0 Å². The van der Waals surface area contributed by atoms with Gasteiger partial charge in [0.2, 0.25) is 0 Å². The predicted octanol–water partition coefficient (Wildman–Crippen LogP) is 3.65. The maximum Gasteiger partial charge on any atom is 0.180 e. The lowest BCUT2D eigenvalue weighted by Gasteiger charge is -2.11. The molecule has 0 saturated heterocycles. The summed E-state index contributed by atoms with van der Waals surface area (Å²) in [4.78, 5) is 0. The van der Waals surface area contributed by atoms with Crippen LogP contribution >= 0.6 is 27.5 Å². The van der Waals surface area contributed by atoms with Crippen molar-refractivity contribution in [2.45, 2.75) is 18.9 Å². The maximum absolute atomic E-state index is 6.05. The molecule has 0 aliphatic heterocycles. The van der Waals surface area contributed by atoms with E-state index >= 15 is 0 Å². The molecule has 1 aliphatic rings. The van der Waals surface area contributed by atoms with E-state index in [1.807, 2.05) is 12.1 Å². The fourth-order valence-corrected chi connectivity index (χ4v) is 1.98. The third-order valence-electron chi connectivity index (χ3n) is 2.00. The minimum absolute atomic E-state index is 0.322.